The van der Waals surface area contributed by atoms with E-state index < -0.39 is 5.54 Å². The second kappa shape index (κ2) is 11.1. The number of aromatic amines is 1. The second-order valence-electron chi connectivity index (χ2n) is 10.1. The summed E-state index contributed by atoms with van der Waals surface area (Å²) in [4.78, 5) is 31.2. The predicted molar refractivity (Wildman–Crippen MR) is 141 cm³/mol. The Morgan fingerprint density at radius 2 is 1.81 bits per heavy atom. The van der Waals surface area contributed by atoms with E-state index in [2.05, 4.69) is 23.7 Å². The van der Waals surface area contributed by atoms with Gasteiger partial charge in [-0.05, 0) is 70.6 Å². The molecule has 3 aromatic rings. The summed E-state index contributed by atoms with van der Waals surface area (Å²) in [6.07, 6.45) is 1.43. The lowest BCUT2D eigenvalue weighted by Gasteiger charge is -2.49. The highest BCUT2D eigenvalue weighted by Crippen LogP contribution is 2.46. The molecular formula is C28H37FN4O3. The molecule has 0 bridgehead atoms. The summed E-state index contributed by atoms with van der Waals surface area (Å²) in [6.45, 7) is 7.70. The fourth-order valence-electron chi connectivity index (χ4n) is 5.11. The first kappa shape index (κ1) is 27.2. The number of methoxy groups -OCH3 is 1. The maximum absolute atomic E-state index is 15.4. The molecule has 2 amide bonds. The number of aromatic nitrogens is 1. The van der Waals surface area contributed by atoms with Gasteiger partial charge in [-0.2, -0.15) is 0 Å². The summed E-state index contributed by atoms with van der Waals surface area (Å²) in [5.41, 5.74) is 2.94. The number of benzene rings is 2. The van der Waals surface area contributed by atoms with E-state index in [0.29, 0.717) is 23.9 Å². The van der Waals surface area contributed by atoms with E-state index in [9.17, 15) is 4.79 Å². The van der Waals surface area contributed by atoms with Crippen LogP contribution in [0.1, 0.15) is 43.1 Å². The molecule has 0 aliphatic carbocycles. The number of hydrogen-bond donors (Lipinski definition) is 1. The molecule has 7 nitrogen and oxygen atoms in total. The molecule has 0 saturated heterocycles. The highest BCUT2D eigenvalue weighted by molar-refractivity contribution is 5.89. The van der Waals surface area contributed by atoms with Gasteiger partial charge in [0, 0.05) is 35.7 Å². The number of amides is 2. The molecule has 1 aliphatic heterocycles. The van der Waals surface area contributed by atoms with Gasteiger partial charge < -0.3 is 29.2 Å². The molecule has 1 atom stereocenters. The van der Waals surface area contributed by atoms with Gasteiger partial charge in [-0.1, -0.05) is 30.3 Å². The summed E-state index contributed by atoms with van der Waals surface area (Å²) in [7, 11) is 7.41. The standard InChI is InChI=1S/C27H35FN4O2.CH2O/c1-27(2)17-19-22-20(13-14-21(34-6)23(22)28)29-24(19)25(18-11-8-7-9-12-18)32(27)26(33)31(5)16-10-15-30(3)4;1-2/h7-9,11-14,25,29H,10,15-17H2,1-6H3;1H2/t25-;/m1./s1. The SMILES string of the molecule is C=O.COc1ccc2[nH]c3c(c2c1F)CC(C)(C)N(C(=O)N(C)CCCN(C)C)[C@@H]3c1ccccc1. The van der Waals surface area contributed by atoms with E-state index >= 15 is 4.39 Å². The minimum Gasteiger partial charge on any atom is -0.494 e. The molecule has 0 unspecified atom stereocenters. The van der Waals surface area contributed by atoms with Crippen LogP contribution in [-0.4, -0.2) is 79.4 Å². The van der Waals surface area contributed by atoms with Gasteiger partial charge in [-0.25, -0.2) is 9.18 Å². The maximum Gasteiger partial charge on any atom is 0.321 e. The summed E-state index contributed by atoms with van der Waals surface area (Å²) in [5.74, 6) is -0.136. The zero-order chi connectivity index (χ0) is 26.6. The molecule has 2 heterocycles. The Balaban J connectivity index is 0.00000176. The molecule has 0 fully saturated rings. The van der Waals surface area contributed by atoms with Gasteiger partial charge in [0.2, 0.25) is 0 Å². The van der Waals surface area contributed by atoms with Crippen LogP contribution >= 0.6 is 0 Å². The van der Waals surface area contributed by atoms with E-state index in [4.69, 9.17) is 9.53 Å². The Morgan fingerprint density at radius 3 is 2.42 bits per heavy atom. The molecular weight excluding hydrogens is 459 g/mol. The Morgan fingerprint density at radius 1 is 1.14 bits per heavy atom. The number of nitrogens with one attached hydrogen (secondary N) is 1. The molecule has 4 rings (SSSR count). The minimum atomic E-state index is -0.537. The van der Waals surface area contributed by atoms with E-state index in [-0.39, 0.29) is 23.6 Å². The van der Waals surface area contributed by atoms with Crippen LogP contribution in [0.15, 0.2) is 42.5 Å². The van der Waals surface area contributed by atoms with Gasteiger partial charge >= 0.3 is 6.03 Å². The zero-order valence-electron chi connectivity index (χ0n) is 22.1. The third-order valence-corrected chi connectivity index (χ3v) is 6.76. The van der Waals surface area contributed by atoms with Gasteiger partial charge in [-0.3, -0.25) is 0 Å². The van der Waals surface area contributed by atoms with Crippen molar-refractivity contribution in [2.45, 2.75) is 38.3 Å². The van der Waals surface area contributed by atoms with Gasteiger partial charge in [0.25, 0.3) is 0 Å². The lowest BCUT2D eigenvalue weighted by molar-refractivity contribution is -0.0980. The number of nitrogens with zero attached hydrogens (tertiary/aromatic N) is 3. The smallest absolute Gasteiger partial charge is 0.321 e. The number of ether oxygens (including phenoxy) is 1. The Bertz CT molecular complexity index is 1190. The number of carbonyl (C=O) groups excluding carboxylic acids is 2. The van der Waals surface area contributed by atoms with Gasteiger partial charge in [-0.15, -0.1) is 0 Å². The summed E-state index contributed by atoms with van der Waals surface area (Å²) in [5, 5.41) is 0.551. The number of H-pyrrole nitrogens is 1. The van der Waals surface area contributed by atoms with Gasteiger partial charge in [0.05, 0.1) is 13.2 Å². The van der Waals surface area contributed by atoms with Crippen LogP contribution in [0.3, 0.4) is 0 Å². The van der Waals surface area contributed by atoms with Crippen LogP contribution < -0.4 is 4.74 Å². The van der Waals surface area contributed by atoms with Crippen molar-refractivity contribution in [2.75, 3.05) is 41.3 Å². The minimum absolute atomic E-state index is 0.0278. The zero-order valence-corrected chi connectivity index (χ0v) is 22.1. The Labute approximate surface area is 212 Å². The average molecular weight is 497 g/mol. The van der Waals surface area contributed by atoms with Crippen LogP contribution in [0.5, 0.6) is 5.75 Å². The molecule has 1 aromatic heterocycles. The van der Waals surface area contributed by atoms with Crippen molar-refractivity contribution in [2.24, 2.45) is 0 Å². The molecule has 2 aromatic carbocycles. The van der Waals surface area contributed by atoms with Crippen LogP contribution in [-0.2, 0) is 11.2 Å². The Kier molecular flexibility index (Phi) is 8.40. The van der Waals surface area contributed by atoms with Crippen molar-refractivity contribution in [3.05, 3.63) is 65.1 Å². The van der Waals surface area contributed by atoms with Gasteiger partial charge in [0.15, 0.2) is 11.6 Å². The van der Waals surface area contributed by atoms with Crippen molar-refractivity contribution >= 4 is 23.7 Å². The fraction of sp³-hybridized carbons (Fsp3) is 0.429. The predicted octanol–water partition coefficient (Wildman–Crippen LogP) is 4.86. The van der Waals surface area contributed by atoms with Crippen molar-refractivity contribution in [3.8, 4) is 5.75 Å². The lowest BCUT2D eigenvalue weighted by atomic mass is 9.81. The summed E-state index contributed by atoms with van der Waals surface area (Å²) in [6, 6.07) is 13.1. The number of hydrogen-bond acceptors (Lipinski definition) is 4. The number of rotatable bonds is 6. The monoisotopic (exact) mass is 496 g/mol. The molecule has 36 heavy (non-hydrogen) atoms. The number of urea groups is 1. The quantitative estimate of drug-likeness (QED) is 0.529. The summed E-state index contributed by atoms with van der Waals surface area (Å²) >= 11 is 0. The van der Waals surface area contributed by atoms with Crippen molar-refractivity contribution < 1.29 is 18.7 Å². The van der Waals surface area contributed by atoms with Crippen LogP contribution in [0.4, 0.5) is 9.18 Å². The van der Waals surface area contributed by atoms with Crippen LogP contribution in [0, 0.1) is 5.82 Å². The number of carbonyl (C=O) groups is 2. The highest BCUT2D eigenvalue weighted by Gasteiger charge is 2.46. The topological polar surface area (TPSA) is 68.9 Å². The molecule has 0 radical (unpaired) electrons. The number of halogens is 1. The second-order valence-corrected chi connectivity index (χ2v) is 10.1. The fourth-order valence-corrected chi connectivity index (χ4v) is 5.11. The van der Waals surface area contributed by atoms with Crippen molar-refractivity contribution in [1.82, 2.24) is 19.7 Å². The molecule has 1 aliphatic rings. The van der Waals surface area contributed by atoms with E-state index in [1.165, 1.54) is 7.11 Å². The first-order valence-corrected chi connectivity index (χ1v) is 12.1. The van der Waals surface area contributed by atoms with E-state index in [0.717, 1.165) is 29.8 Å². The molecule has 1 N–H and O–H groups in total. The Hall–Kier alpha value is -3.39. The maximum atomic E-state index is 15.4. The van der Waals surface area contributed by atoms with Crippen LogP contribution in [0.2, 0.25) is 0 Å². The van der Waals surface area contributed by atoms with Crippen LogP contribution in [0.25, 0.3) is 10.9 Å². The normalized spacial score (nSPS) is 16.3. The molecule has 194 valence electrons. The molecule has 8 heteroatoms. The average Bonchev–Trinajstić information content (AvgIpc) is 3.22. The van der Waals surface area contributed by atoms with E-state index in [1.54, 1.807) is 11.0 Å². The first-order valence-electron chi connectivity index (χ1n) is 12.1. The molecule has 0 saturated carbocycles. The van der Waals surface area contributed by atoms with Gasteiger partial charge in [0.1, 0.15) is 6.79 Å². The summed E-state index contributed by atoms with van der Waals surface area (Å²) < 4.78 is 20.7. The third kappa shape index (κ3) is 5.09. The van der Waals surface area contributed by atoms with Crippen molar-refractivity contribution in [1.29, 1.82) is 0 Å². The molecule has 0 spiro atoms. The largest absolute Gasteiger partial charge is 0.494 e. The van der Waals surface area contributed by atoms with E-state index in [1.807, 2.05) is 69.2 Å². The highest BCUT2D eigenvalue weighted by atomic mass is 19.1. The van der Waals surface area contributed by atoms with Crippen molar-refractivity contribution in [3.63, 3.8) is 0 Å². The first-order chi connectivity index (χ1) is 17.2. The number of fused-ring (bicyclic) bond motifs is 3. The lowest BCUT2D eigenvalue weighted by Crippen LogP contribution is -2.57. The third-order valence-electron chi connectivity index (χ3n) is 6.76.